The van der Waals surface area contributed by atoms with Gasteiger partial charge >= 0.3 is 5.97 Å². The molecule has 5 nitrogen and oxygen atoms in total. The molecule has 18 heavy (non-hydrogen) atoms. The molecule has 0 aliphatic carbocycles. The number of aromatic nitrogens is 2. The summed E-state index contributed by atoms with van der Waals surface area (Å²) in [5.41, 5.74) is -0.327. The molecule has 1 heterocycles. The number of halogens is 1. The Morgan fingerprint density at radius 2 is 2.22 bits per heavy atom. The van der Waals surface area contributed by atoms with Crippen molar-refractivity contribution in [3.63, 3.8) is 0 Å². The number of carbonyl (C=O) groups excluding carboxylic acids is 1. The van der Waals surface area contributed by atoms with Gasteiger partial charge in [-0.25, -0.2) is 4.98 Å². The first-order valence-electron chi connectivity index (χ1n) is 5.91. The minimum absolute atomic E-state index is 0.124. The van der Waals surface area contributed by atoms with Crippen LogP contribution >= 0.6 is 11.6 Å². The van der Waals surface area contributed by atoms with Gasteiger partial charge in [0.2, 0.25) is 0 Å². The van der Waals surface area contributed by atoms with Crippen LogP contribution in [-0.2, 0) is 22.5 Å². The molecule has 0 saturated heterocycles. The van der Waals surface area contributed by atoms with Crippen LogP contribution in [-0.4, -0.2) is 22.6 Å². The van der Waals surface area contributed by atoms with E-state index in [1.807, 2.05) is 0 Å². The van der Waals surface area contributed by atoms with E-state index in [0.717, 1.165) is 19.3 Å². The van der Waals surface area contributed by atoms with E-state index in [-0.39, 0.29) is 17.3 Å². The van der Waals surface area contributed by atoms with Gasteiger partial charge in [0, 0.05) is 12.5 Å². The fourth-order valence-corrected chi connectivity index (χ4v) is 1.80. The van der Waals surface area contributed by atoms with Crippen molar-refractivity contribution in [1.29, 1.82) is 0 Å². The molecule has 0 spiro atoms. The summed E-state index contributed by atoms with van der Waals surface area (Å²) in [7, 11) is 1.29. The molecule has 0 fully saturated rings. The highest BCUT2D eigenvalue weighted by Crippen LogP contribution is 2.07. The molecule has 0 saturated carbocycles. The van der Waals surface area contributed by atoms with E-state index >= 15 is 0 Å². The minimum atomic E-state index is -0.474. The van der Waals surface area contributed by atoms with E-state index in [1.54, 1.807) is 0 Å². The molecule has 0 bridgehead atoms. The van der Waals surface area contributed by atoms with Gasteiger partial charge in [-0.1, -0.05) is 31.4 Å². The molecule has 0 aromatic carbocycles. The van der Waals surface area contributed by atoms with Gasteiger partial charge in [-0.3, -0.25) is 14.2 Å². The van der Waals surface area contributed by atoms with Crippen molar-refractivity contribution in [2.24, 2.45) is 0 Å². The van der Waals surface area contributed by atoms with Crippen molar-refractivity contribution in [2.45, 2.75) is 39.2 Å². The number of hydrogen-bond donors (Lipinski definition) is 0. The Bertz CT molecular complexity index is 471. The Balaban J connectivity index is 2.97. The number of methoxy groups -OCH3 is 1. The second kappa shape index (κ2) is 7.16. The van der Waals surface area contributed by atoms with Gasteiger partial charge in [0.25, 0.3) is 5.56 Å². The van der Waals surface area contributed by atoms with Crippen LogP contribution in [0, 0.1) is 0 Å². The summed E-state index contributed by atoms with van der Waals surface area (Å²) in [6, 6.07) is 1.20. The van der Waals surface area contributed by atoms with E-state index in [2.05, 4.69) is 16.6 Å². The first kappa shape index (κ1) is 14.7. The number of hydrogen-bond acceptors (Lipinski definition) is 4. The molecule has 1 aromatic rings. The summed E-state index contributed by atoms with van der Waals surface area (Å²) in [5.74, 6) is 0.0595. The van der Waals surface area contributed by atoms with E-state index < -0.39 is 5.97 Å². The summed E-state index contributed by atoms with van der Waals surface area (Å²) < 4.78 is 5.87. The Morgan fingerprint density at radius 1 is 1.50 bits per heavy atom. The van der Waals surface area contributed by atoms with Gasteiger partial charge in [-0.15, -0.1) is 0 Å². The maximum Gasteiger partial charge on any atom is 0.325 e. The van der Waals surface area contributed by atoms with Gasteiger partial charge in [-0.2, -0.15) is 0 Å². The molecular weight excluding hydrogens is 256 g/mol. The van der Waals surface area contributed by atoms with Crippen molar-refractivity contribution < 1.29 is 9.53 Å². The van der Waals surface area contributed by atoms with Crippen LogP contribution in [0.25, 0.3) is 0 Å². The zero-order valence-corrected chi connectivity index (χ0v) is 11.4. The Labute approximate surface area is 111 Å². The van der Waals surface area contributed by atoms with Crippen molar-refractivity contribution in [3.8, 4) is 0 Å². The normalized spacial score (nSPS) is 10.4. The van der Waals surface area contributed by atoms with Crippen molar-refractivity contribution in [1.82, 2.24) is 9.55 Å². The summed E-state index contributed by atoms with van der Waals surface area (Å²) in [6.45, 7) is 1.97. The Kier molecular flexibility index (Phi) is 5.85. The van der Waals surface area contributed by atoms with E-state index in [1.165, 1.54) is 17.7 Å². The quantitative estimate of drug-likeness (QED) is 0.450. The highest BCUT2D eigenvalue weighted by atomic mass is 35.5. The van der Waals surface area contributed by atoms with Crippen LogP contribution in [0.5, 0.6) is 0 Å². The third-order valence-electron chi connectivity index (χ3n) is 2.57. The lowest BCUT2D eigenvalue weighted by molar-refractivity contribution is -0.141. The fraction of sp³-hybridized carbons (Fsp3) is 0.583. The van der Waals surface area contributed by atoms with Gasteiger partial charge in [-0.05, 0) is 6.42 Å². The van der Waals surface area contributed by atoms with Crippen LogP contribution in [0.2, 0.25) is 5.15 Å². The predicted octanol–water partition coefficient (Wildman–Crippen LogP) is 1.80. The molecule has 0 radical (unpaired) electrons. The average Bonchev–Trinajstić information content (AvgIpc) is 2.33. The highest BCUT2D eigenvalue weighted by Gasteiger charge is 2.11. The van der Waals surface area contributed by atoms with Crippen LogP contribution in [0.3, 0.4) is 0 Å². The number of unbranched alkanes of at least 4 members (excludes halogenated alkanes) is 2. The van der Waals surface area contributed by atoms with Crippen LogP contribution < -0.4 is 5.56 Å². The molecule has 1 aromatic heterocycles. The molecule has 100 valence electrons. The fourth-order valence-electron chi connectivity index (χ4n) is 1.61. The van der Waals surface area contributed by atoms with Crippen molar-refractivity contribution in [3.05, 3.63) is 27.4 Å². The molecule has 0 unspecified atom stereocenters. The van der Waals surface area contributed by atoms with Gasteiger partial charge in [0.05, 0.1) is 7.11 Å². The predicted molar refractivity (Wildman–Crippen MR) is 68.8 cm³/mol. The minimum Gasteiger partial charge on any atom is -0.468 e. The Morgan fingerprint density at radius 3 is 2.83 bits per heavy atom. The monoisotopic (exact) mass is 272 g/mol. The molecular formula is C12H17ClN2O3. The number of ether oxygens (including phenoxy) is 1. The standard InChI is InChI=1S/C12H17ClN2O3/c1-3-4-5-6-10-14-9(13)7-11(16)15(10)8-12(17)18-2/h7H,3-6,8H2,1-2H3. The van der Waals surface area contributed by atoms with Gasteiger partial charge in [0.1, 0.15) is 17.5 Å². The largest absolute Gasteiger partial charge is 0.468 e. The lowest BCUT2D eigenvalue weighted by Crippen LogP contribution is -2.28. The number of esters is 1. The van der Waals surface area contributed by atoms with Crippen molar-refractivity contribution in [2.75, 3.05) is 7.11 Å². The molecule has 0 aliphatic rings. The third kappa shape index (κ3) is 4.14. The Hall–Kier alpha value is -1.36. The molecule has 0 N–H and O–H groups in total. The van der Waals surface area contributed by atoms with Crippen molar-refractivity contribution >= 4 is 17.6 Å². The zero-order valence-electron chi connectivity index (χ0n) is 10.6. The number of nitrogens with zero attached hydrogens (tertiary/aromatic N) is 2. The summed E-state index contributed by atoms with van der Waals surface area (Å²) in [4.78, 5) is 27.1. The van der Waals surface area contributed by atoms with E-state index in [9.17, 15) is 9.59 Å². The first-order chi connectivity index (χ1) is 8.58. The van der Waals surface area contributed by atoms with E-state index in [0.29, 0.717) is 12.2 Å². The zero-order chi connectivity index (χ0) is 13.5. The second-order valence-electron chi connectivity index (χ2n) is 3.95. The number of carbonyl (C=O) groups is 1. The topological polar surface area (TPSA) is 61.2 Å². The summed E-state index contributed by atoms with van der Waals surface area (Å²) >= 11 is 5.76. The second-order valence-corrected chi connectivity index (χ2v) is 4.34. The molecule has 0 aliphatic heterocycles. The number of aryl methyl sites for hydroxylation is 1. The van der Waals surface area contributed by atoms with Crippen LogP contribution in [0.1, 0.15) is 32.0 Å². The molecule has 0 atom stereocenters. The highest BCUT2D eigenvalue weighted by molar-refractivity contribution is 6.29. The third-order valence-corrected chi connectivity index (χ3v) is 2.77. The van der Waals surface area contributed by atoms with E-state index in [4.69, 9.17) is 11.6 Å². The first-order valence-corrected chi connectivity index (χ1v) is 6.29. The molecule has 1 rings (SSSR count). The average molecular weight is 273 g/mol. The maximum atomic E-state index is 11.8. The summed E-state index contributed by atoms with van der Waals surface area (Å²) in [5, 5.41) is 0.160. The summed E-state index contributed by atoms with van der Waals surface area (Å²) in [6.07, 6.45) is 3.65. The van der Waals surface area contributed by atoms with Gasteiger partial charge in [0.15, 0.2) is 0 Å². The lowest BCUT2D eigenvalue weighted by atomic mass is 10.2. The molecule has 0 amide bonds. The lowest BCUT2D eigenvalue weighted by Gasteiger charge is -2.10. The van der Waals surface area contributed by atoms with Crippen LogP contribution in [0.4, 0.5) is 0 Å². The number of rotatable bonds is 6. The smallest absolute Gasteiger partial charge is 0.325 e. The molecule has 6 heteroatoms. The SMILES string of the molecule is CCCCCc1nc(Cl)cc(=O)n1CC(=O)OC. The maximum absolute atomic E-state index is 11.8. The van der Waals surface area contributed by atoms with Crippen LogP contribution in [0.15, 0.2) is 10.9 Å². The van der Waals surface area contributed by atoms with Gasteiger partial charge < -0.3 is 4.74 Å².